The zero-order valence-electron chi connectivity index (χ0n) is 18.2. The van der Waals surface area contributed by atoms with Crippen LogP contribution < -0.4 is 5.73 Å². The smallest absolute Gasteiger partial charge is 0.255 e. The van der Waals surface area contributed by atoms with Crippen LogP contribution in [0.1, 0.15) is 53.0 Å². The third kappa shape index (κ3) is 5.47. The van der Waals surface area contributed by atoms with E-state index in [-0.39, 0.29) is 11.8 Å². The van der Waals surface area contributed by atoms with Gasteiger partial charge in [0.25, 0.3) is 11.8 Å². The first-order valence-corrected chi connectivity index (χ1v) is 11.4. The normalized spacial score (nSPS) is 15.1. The molecule has 0 bridgehead atoms. The van der Waals surface area contributed by atoms with Crippen LogP contribution in [0.2, 0.25) is 0 Å². The molecule has 1 fully saturated rings. The maximum Gasteiger partial charge on any atom is 0.255 e. The number of carbonyl (C=O) groups excluding carboxylic acids is 3. The van der Waals surface area contributed by atoms with Gasteiger partial charge in [-0.05, 0) is 42.7 Å². The van der Waals surface area contributed by atoms with Crippen LogP contribution in [-0.4, -0.2) is 59.0 Å². The van der Waals surface area contributed by atoms with Gasteiger partial charge in [-0.15, -0.1) is 11.8 Å². The van der Waals surface area contributed by atoms with E-state index in [4.69, 9.17) is 5.73 Å². The van der Waals surface area contributed by atoms with Crippen LogP contribution in [0, 0.1) is 0 Å². The Kier molecular flexibility index (Phi) is 7.38. The van der Waals surface area contributed by atoms with E-state index >= 15 is 0 Å². The van der Waals surface area contributed by atoms with Crippen LogP contribution in [-0.2, 0) is 4.79 Å². The van der Waals surface area contributed by atoms with Crippen molar-refractivity contribution in [2.45, 2.75) is 36.8 Å². The van der Waals surface area contributed by atoms with Crippen LogP contribution in [0.4, 0.5) is 0 Å². The molecule has 0 spiro atoms. The number of nitrogens with zero attached hydrogens (tertiary/aromatic N) is 2. The molecule has 2 aromatic carbocycles. The standard InChI is InChI=1S/C24H29N3O3S/c1-16(2)18-8-10-19(11-9-18)23(29)26-12-14-27(15-13-26)24(30)20-6-4-5-7-21(20)31-17(3)22(25)28/h4-11,16-17H,12-15H2,1-3H3,(H2,25,28). The second-order valence-corrected chi connectivity index (χ2v) is 9.40. The van der Waals surface area contributed by atoms with Crippen molar-refractivity contribution in [1.82, 2.24) is 9.80 Å². The van der Waals surface area contributed by atoms with Crippen molar-refractivity contribution in [3.8, 4) is 0 Å². The summed E-state index contributed by atoms with van der Waals surface area (Å²) in [6.45, 7) is 7.90. The highest BCUT2D eigenvalue weighted by molar-refractivity contribution is 8.00. The minimum atomic E-state index is -0.425. The SMILES string of the molecule is CC(Sc1ccccc1C(=O)N1CCN(C(=O)c2ccc(C(C)C)cc2)CC1)C(N)=O. The number of primary amides is 1. The van der Waals surface area contributed by atoms with Gasteiger partial charge in [0.2, 0.25) is 5.91 Å². The highest BCUT2D eigenvalue weighted by atomic mass is 32.2. The first-order valence-electron chi connectivity index (χ1n) is 10.5. The Hall–Kier alpha value is -2.80. The summed E-state index contributed by atoms with van der Waals surface area (Å²) >= 11 is 1.29. The van der Waals surface area contributed by atoms with Crippen LogP contribution in [0.5, 0.6) is 0 Å². The number of carbonyl (C=O) groups is 3. The molecule has 1 aliphatic heterocycles. The van der Waals surface area contributed by atoms with E-state index in [1.165, 1.54) is 17.3 Å². The molecular weight excluding hydrogens is 410 g/mol. The lowest BCUT2D eigenvalue weighted by Crippen LogP contribution is -2.50. The Labute approximate surface area is 187 Å². The van der Waals surface area contributed by atoms with E-state index in [9.17, 15) is 14.4 Å². The van der Waals surface area contributed by atoms with Crippen molar-refractivity contribution in [2.75, 3.05) is 26.2 Å². The predicted molar refractivity (Wildman–Crippen MR) is 123 cm³/mol. The summed E-state index contributed by atoms with van der Waals surface area (Å²) in [6.07, 6.45) is 0. The Morgan fingerprint density at radius 2 is 1.39 bits per heavy atom. The van der Waals surface area contributed by atoms with Gasteiger partial charge >= 0.3 is 0 Å². The summed E-state index contributed by atoms with van der Waals surface area (Å²) in [6, 6.07) is 15.0. The third-order valence-corrected chi connectivity index (χ3v) is 6.70. The molecule has 0 aliphatic carbocycles. The number of nitrogens with two attached hydrogens (primary N) is 1. The molecule has 0 saturated carbocycles. The topological polar surface area (TPSA) is 83.7 Å². The number of piperazine rings is 1. The zero-order chi connectivity index (χ0) is 22.5. The lowest BCUT2D eigenvalue weighted by molar-refractivity contribution is -0.117. The minimum absolute atomic E-state index is 0.00589. The Morgan fingerprint density at radius 1 is 0.839 bits per heavy atom. The van der Waals surface area contributed by atoms with E-state index in [1.54, 1.807) is 22.8 Å². The average molecular weight is 440 g/mol. The third-order valence-electron chi connectivity index (χ3n) is 5.50. The van der Waals surface area contributed by atoms with Crippen LogP contribution >= 0.6 is 11.8 Å². The van der Waals surface area contributed by atoms with Gasteiger partial charge in [0.05, 0.1) is 10.8 Å². The van der Waals surface area contributed by atoms with Gasteiger partial charge in [-0.3, -0.25) is 14.4 Å². The summed E-state index contributed by atoms with van der Waals surface area (Å²) in [5, 5.41) is -0.425. The molecule has 2 N–H and O–H groups in total. The number of amides is 3. The maximum atomic E-state index is 13.1. The summed E-state index contributed by atoms with van der Waals surface area (Å²) in [7, 11) is 0. The summed E-state index contributed by atoms with van der Waals surface area (Å²) in [5.41, 5.74) is 7.81. The highest BCUT2D eigenvalue weighted by Gasteiger charge is 2.27. The molecule has 3 amide bonds. The minimum Gasteiger partial charge on any atom is -0.369 e. The maximum absolute atomic E-state index is 13.1. The lowest BCUT2D eigenvalue weighted by atomic mass is 10.0. The van der Waals surface area contributed by atoms with Gasteiger partial charge in [0.1, 0.15) is 0 Å². The van der Waals surface area contributed by atoms with Gasteiger partial charge in [0, 0.05) is 36.6 Å². The molecule has 3 rings (SSSR count). The first kappa shape index (κ1) is 22.9. The summed E-state index contributed by atoms with van der Waals surface area (Å²) in [5.74, 6) is -0.0895. The second-order valence-electron chi connectivity index (χ2n) is 8.02. The molecule has 0 aromatic heterocycles. The molecule has 1 aliphatic rings. The fraction of sp³-hybridized carbons (Fsp3) is 0.375. The highest BCUT2D eigenvalue weighted by Crippen LogP contribution is 2.28. The quantitative estimate of drug-likeness (QED) is 0.700. The zero-order valence-corrected chi connectivity index (χ0v) is 19.0. The number of hydrogen-bond donors (Lipinski definition) is 1. The van der Waals surface area contributed by atoms with Gasteiger partial charge < -0.3 is 15.5 Å². The van der Waals surface area contributed by atoms with Crippen molar-refractivity contribution in [1.29, 1.82) is 0 Å². The number of rotatable bonds is 6. The van der Waals surface area contributed by atoms with Crippen molar-refractivity contribution in [2.24, 2.45) is 5.73 Å². The van der Waals surface area contributed by atoms with Crippen LogP contribution in [0.25, 0.3) is 0 Å². The Morgan fingerprint density at radius 3 is 1.94 bits per heavy atom. The Bertz CT molecular complexity index is 951. The molecule has 6 nitrogen and oxygen atoms in total. The van der Waals surface area contributed by atoms with Gasteiger partial charge in [-0.1, -0.05) is 38.1 Å². The average Bonchev–Trinajstić information content (AvgIpc) is 2.78. The molecule has 1 heterocycles. The number of thioether (sulfide) groups is 1. The molecular formula is C24H29N3O3S. The van der Waals surface area contributed by atoms with E-state index in [2.05, 4.69) is 13.8 Å². The summed E-state index contributed by atoms with van der Waals surface area (Å²) in [4.78, 5) is 41.7. The predicted octanol–water partition coefficient (Wildman–Crippen LogP) is 3.37. The molecule has 1 saturated heterocycles. The molecule has 164 valence electrons. The van der Waals surface area contributed by atoms with Crippen LogP contribution in [0.15, 0.2) is 53.4 Å². The fourth-order valence-corrected chi connectivity index (χ4v) is 4.41. The van der Waals surface area contributed by atoms with Gasteiger partial charge in [0.15, 0.2) is 0 Å². The monoisotopic (exact) mass is 439 g/mol. The van der Waals surface area contributed by atoms with Crippen LogP contribution in [0.3, 0.4) is 0 Å². The van der Waals surface area contributed by atoms with Gasteiger partial charge in [-0.2, -0.15) is 0 Å². The first-order chi connectivity index (χ1) is 14.8. The second kappa shape index (κ2) is 10.0. The lowest BCUT2D eigenvalue weighted by Gasteiger charge is -2.35. The molecule has 2 aromatic rings. The van der Waals surface area contributed by atoms with E-state index in [1.807, 2.05) is 42.5 Å². The van der Waals surface area contributed by atoms with E-state index in [0.717, 1.165) is 4.90 Å². The van der Waals surface area contributed by atoms with Crippen molar-refractivity contribution in [3.05, 3.63) is 65.2 Å². The Balaban J connectivity index is 1.64. The fourth-order valence-electron chi connectivity index (χ4n) is 3.47. The molecule has 1 unspecified atom stereocenters. The molecule has 1 atom stereocenters. The summed E-state index contributed by atoms with van der Waals surface area (Å²) < 4.78 is 0. The van der Waals surface area contributed by atoms with E-state index in [0.29, 0.717) is 43.2 Å². The molecule has 7 heteroatoms. The van der Waals surface area contributed by atoms with E-state index < -0.39 is 11.2 Å². The van der Waals surface area contributed by atoms with Gasteiger partial charge in [-0.25, -0.2) is 0 Å². The van der Waals surface area contributed by atoms with Crippen molar-refractivity contribution >= 4 is 29.5 Å². The number of hydrogen-bond acceptors (Lipinski definition) is 4. The molecule has 0 radical (unpaired) electrons. The molecule has 31 heavy (non-hydrogen) atoms. The number of benzene rings is 2. The van der Waals surface area contributed by atoms with Crippen molar-refractivity contribution in [3.63, 3.8) is 0 Å². The van der Waals surface area contributed by atoms with Crippen molar-refractivity contribution < 1.29 is 14.4 Å². The largest absolute Gasteiger partial charge is 0.369 e.